The van der Waals surface area contributed by atoms with E-state index in [0.29, 0.717) is 24.4 Å². The van der Waals surface area contributed by atoms with E-state index < -0.39 is 0 Å². The van der Waals surface area contributed by atoms with Gasteiger partial charge in [-0.15, -0.1) is 0 Å². The number of hydrogen-bond donors (Lipinski definition) is 1. The highest BCUT2D eigenvalue weighted by Crippen LogP contribution is 1.99. The minimum absolute atomic E-state index is 0.0218. The summed E-state index contributed by atoms with van der Waals surface area (Å²) in [5.41, 5.74) is 0.675. The first kappa shape index (κ1) is 16.1. The molecule has 0 radical (unpaired) electrons. The van der Waals surface area contributed by atoms with Crippen LogP contribution in [0.3, 0.4) is 0 Å². The van der Waals surface area contributed by atoms with Crippen LogP contribution < -0.4 is 5.32 Å². The maximum absolute atomic E-state index is 10.9. The Hall–Kier alpha value is -1.32. The summed E-state index contributed by atoms with van der Waals surface area (Å²) in [5.74, 6) is 0.516. The molecule has 15 heavy (non-hydrogen) atoms. The number of allylic oxidation sites excluding steroid dienone is 1. The molecule has 88 valence electrons. The smallest absolute Gasteiger partial charge is 0.220 e. The predicted octanol–water partition coefficient (Wildman–Crippen LogP) is 2.12. The number of aliphatic imine (C=N–C) groups is 1. The fourth-order valence-corrected chi connectivity index (χ4v) is 0.762. The number of rotatable bonds is 4. The van der Waals surface area contributed by atoms with E-state index in [9.17, 15) is 4.79 Å². The van der Waals surface area contributed by atoms with Crippen molar-refractivity contribution in [2.45, 2.75) is 33.6 Å². The van der Waals surface area contributed by atoms with Crippen molar-refractivity contribution in [2.75, 3.05) is 14.2 Å². The number of hydrogen-bond acceptors (Lipinski definition) is 3. The number of ether oxygens (including phenoxy) is 1. The Balaban J connectivity index is 0. The van der Waals surface area contributed by atoms with Crippen molar-refractivity contribution in [3.8, 4) is 0 Å². The average Bonchev–Trinajstić information content (AvgIpc) is 2.25. The highest BCUT2D eigenvalue weighted by atomic mass is 16.5. The van der Waals surface area contributed by atoms with Crippen LogP contribution in [-0.2, 0) is 9.53 Å². The zero-order valence-electron chi connectivity index (χ0n) is 10.4. The number of methoxy groups -OCH3 is 1. The van der Waals surface area contributed by atoms with Crippen LogP contribution in [-0.4, -0.2) is 26.0 Å². The standard InChI is InChI=1S/C9H16N2O2.C2H6/c1-7(2)11-9(13-4)6-5-8(12)10-3;1-2/h1,5-6H2,2-4H3,(H,10,12);1-2H3. The monoisotopic (exact) mass is 214 g/mol. The second kappa shape index (κ2) is 10.8. The van der Waals surface area contributed by atoms with E-state index in [1.54, 1.807) is 14.0 Å². The van der Waals surface area contributed by atoms with E-state index in [1.807, 2.05) is 13.8 Å². The van der Waals surface area contributed by atoms with Gasteiger partial charge in [-0.3, -0.25) is 4.79 Å². The van der Waals surface area contributed by atoms with Crippen LogP contribution in [0.5, 0.6) is 0 Å². The third kappa shape index (κ3) is 10.6. The molecular weight excluding hydrogens is 192 g/mol. The minimum Gasteiger partial charge on any atom is -0.484 e. The van der Waals surface area contributed by atoms with Crippen molar-refractivity contribution in [3.63, 3.8) is 0 Å². The van der Waals surface area contributed by atoms with E-state index in [0.717, 1.165) is 0 Å². The first-order chi connectivity index (χ1) is 7.10. The molecule has 0 aliphatic heterocycles. The quantitative estimate of drug-likeness (QED) is 0.575. The molecule has 0 unspecified atom stereocenters. The molecule has 0 fully saturated rings. The predicted molar refractivity (Wildman–Crippen MR) is 63.9 cm³/mol. The van der Waals surface area contributed by atoms with Crippen LogP contribution in [0.4, 0.5) is 0 Å². The molecule has 0 aliphatic rings. The van der Waals surface area contributed by atoms with Crippen LogP contribution in [0.2, 0.25) is 0 Å². The molecule has 0 saturated carbocycles. The van der Waals surface area contributed by atoms with Crippen molar-refractivity contribution in [3.05, 3.63) is 12.3 Å². The molecule has 4 heteroatoms. The molecule has 0 saturated heterocycles. The van der Waals surface area contributed by atoms with Gasteiger partial charge in [0.1, 0.15) is 0 Å². The molecule has 0 heterocycles. The van der Waals surface area contributed by atoms with Crippen LogP contribution in [0.1, 0.15) is 33.6 Å². The normalized spacial score (nSPS) is 9.80. The molecule has 4 nitrogen and oxygen atoms in total. The van der Waals surface area contributed by atoms with Crippen molar-refractivity contribution >= 4 is 11.8 Å². The number of nitrogens with one attached hydrogen (secondary N) is 1. The topological polar surface area (TPSA) is 50.7 Å². The second-order valence-electron chi connectivity index (χ2n) is 2.62. The van der Waals surface area contributed by atoms with Crippen molar-refractivity contribution < 1.29 is 9.53 Å². The van der Waals surface area contributed by atoms with Crippen LogP contribution >= 0.6 is 0 Å². The Morgan fingerprint density at radius 2 is 1.93 bits per heavy atom. The van der Waals surface area contributed by atoms with E-state index in [1.165, 1.54) is 7.11 Å². The van der Waals surface area contributed by atoms with Crippen LogP contribution in [0, 0.1) is 0 Å². The molecule has 0 aromatic rings. The molecule has 1 amide bonds. The molecule has 0 rings (SSSR count). The summed E-state index contributed by atoms with van der Waals surface area (Å²) in [7, 11) is 3.14. The third-order valence-electron chi connectivity index (χ3n) is 1.40. The lowest BCUT2D eigenvalue weighted by molar-refractivity contribution is -0.120. The lowest BCUT2D eigenvalue weighted by Crippen LogP contribution is -2.18. The lowest BCUT2D eigenvalue weighted by Gasteiger charge is -2.03. The van der Waals surface area contributed by atoms with Gasteiger partial charge in [-0.05, 0) is 6.92 Å². The molecule has 0 bridgehead atoms. The van der Waals surface area contributed by atoms with Gasteiger partial charge in [-0.2, -0.15) is 0 Å². The third-order valence-corrected chi connectivity index (χ3v) is 1.40. The van der Waals surface area contributed by atoms with E-state index in [4.69, 9.17) is 4.74 Å². The Labute approximate surface area is 92.4 Å². The highest BCUT2D eigenvalue weighted by Gasteiger charge is 2.03. The molecule has 0 aliphatic carbocycles. The van der Waals surface area contributed by atoms with Gasteiger partial charge >= 0.3 is 0 Å². The van der Waals surface area contributed by atoms with Gasteiger partial charge < -0.3 is 10.1 Å². The SMILES string of the molecule is C=C(C)N=C(CCC(=O)NC)OC.CC. The van der Waals surface area contributed by atoms with Crippen molar-refractivity contribution in [1.29, 1.82) is 0 Å². The van der Waals surface area contributed by atoms with Gasteiger partial charge in [0.25, 0.3) is 0 Å². The van der Waals surface area contributed by atoms with Crippen molar-refractivity contribution in [1.82, 2.24) is 5.32 Å². The summed E-state index contributed by atoms with van der Waals surface area (Å²) < 4.78 is 4.97. The number of carbonyl (C=O) groups excluding carboxylic acids is 1. The first-order valence-electron chi connectivity index (χ1n) is 5.07. The van der Waals surface area contributed by atoms with Gasteiger partial charge in [0.05, 0.1) is 7.11 Å². The highest BCUT2D eigenvalue weighted by molar-refractivity contribution is 5.83. The first-order valence-corrected chi connectivity index (χ1v) is 5.07. The molecule has 0 aromatic heterocycles. The van der Waals surface area contributed by atoms with Gasteiger partial charge in [-0.1, -0.05) is 20.4 Å². The van der Waals surface area contributed by atoms with Crippen molar-refractivity contribution in [2.24, 2.45) is 4.99 Å². The second-order valence-corrected chi connectivity index (χ2v) is 2.62. The number of carbonyl (C=O) groups is 1. The van der Waals surface area contributed by atoms with Gasteiger partial charge in [0.2, 0.25) is 5.91 Å². The Kier molecular flexibility index (Phi) is 11.6. The van der Waals surface area contributed by atoms with Gasteiger partial charge in [0, 0.05) is 25.6 Å². The summed E-state index contributed by atoms with van der Waals surface area (Å²) in [6.45, 7) is 9.40. The Morgan fingerprint density at radius 3 is 2.27 bits per heavy atom. The largest absolute Gasteiger partial charge is 0.484 e. The maximum atomic E-state index is 10.9. The van der Waals surface area contributed by atoms with Crippen LogP contribution in [0.15, 0.2) is 17.3 Å². The fourth-order valence-electron chi connectivity index (χ4n) is 0.762. The summed E-state index contributed by atoms with van der Waals surface area (Å²) in [5, 5.41) is 2.53. The number of amides is 1. The summed E-state index contributed by atoms with van der Waals surface area (Å²) in [4.78, 5) is 14.9. The van der Waals surface area contributed by atoms with Gasteiger partial charge in [0.15, 0.2) is 5.90 Å². The fraction of sp³-hybridized carbons (Fsp3) is 0.636. The van der Waals surface area contributed by atoms with E-state index in [2.05, 4.69) is 16.9 Å². The summed E-state index contributed by atoms with van der Waals surface area (Å²) >= 11 is 0. The summed E-state index contributed by atoms with van der Waals surface area (Å²) in [6.07, 6.45) is 0.888. The lowest BCUT2D eigenvalue weighted by atomic mass is 10.3. The summed E-state index contributed by atoms with van der Waals surface area (Å²) in [6, 6.07) is 0. The van der Waals surface area contributed by atoms with E-state index >= 15 is 0 Å². The maximum Gasteiger partial charge on any atom is 0.220 e. The van der Waals surface area contributed by atoms with Crippen LogP contribution in [0.25, 0.3) is 0 Å². The Morgan fingerprint density at radius 1 is 1.40 bits per heavy atom. The molecule has 1 N–H and O–H groups in total. The molecule has 0 atom stereocenters. The average molecular weight is 214 g/mol. The van der Waals surface area contributed by atoms with E-state index in [-0.39, 0.29) is 5.91 Å². The Bertz CT molecular complexity index is 223. The molecule has 0 spiro atoms. The number of nitrogens with zero attached hydrogens (tertiary/aromatic N) is 1. The molecular formula is C11H22N2O2. The minimum atomic E-state index is -0.0218. The van der Waals surface area contributed by atoms with Gasteiger partial charge in [-0.25, -0.2) is 4.99 Å². The molecule has 0 aromatic carbocycles. The zero-order valence-corrected chi connectivity index (χ0v) is 10.4. The zero-order chi connectivity index (χ0) is 12.3.